The minimum Gasteiger partial charge on any atom is -0.482 e. The van der Waals surface area contributed by atoms with Gasteiger partial charge in [-0.2, -0.15) is 13.2 Å². The van der Waals surface area contributed by atoms with Gasteiger partial charge in [0.1, 0.15) is 11.5 Å². The molecule has 1 atom stereocenters. The Labute approximate surface area is 229 Å². The second kappa shape index (κ2) is 10.6. The number of ether oxygens (including phenoxy) is 1. The number of alkyl halides is 3. The molecule has 0 saturated carbocycles. The molecule has 0 radical (unpaired) electrons. The van der Waals surface area contributed by atoms with E-state index in [1.807, 2.05) is 19.0 Å². The summed E-state index contributed by atoms with van der Waals surface area (Å²) < 4.78 is 62.9. The molecule has 0 spiro atoms. The van der Waals surface area contributed by atoms with Gasteiger partial charge in [0.05, 0.1) is 24.4 Å². The minimum absolute atomic E-state index is 0.120. The Balaban J connectivity index is 1.68. The van der Waals surface area contributed by atoms with Crippen LogP contribution in [0.5, 0.6) is 5.88 Å². The lowest BCUT2D eigenvalue weighted by molar-refractivity contribution is -0.138. The zero-order valence-corrected chi connectivity index (χ0v) is 22.7. The first-order valence-electron chi connectivity index (χ1n) is 13.0. The summed E-state index contributed by atoms with van der Waals surface area (Å²) in [5.41, 5.74) is 2.04. The van der Waals surface area contributed by atoms with Gasteiger partial charge in [-0.1, -0.05) is 18.2 Å². The first-order valence-corrected chi connectivity index (χ1v) is 13.0. The van der Waals surface area contributed by atoms with E-state index >= 15 is 0 Å². The number of likely N-dealkylation sites (N-methyl/N-ethyl adjacent to an activating group) is 1. The highest BCUT2D eigenvalue weighted by Crippen LogP contribution is 2.43. The maximum absolute atomic E-state index is 14.4. The van der Waals surface area contributed by atoms with Gasteiger partial charge in [0.2, 0.25) is 0 Å². The van der Waals surface area contributed by atoms with Crippen molar-refractivity contribution >= 4 is 11.6 Å². The molecule has 0 bridgehead atoms. The average Bonchev–Trinajstić information content (AvgIpc) is 3.51. The number of methoxy groups -OCH3 is 1. The molecule has 10 heteroatoms. The van der Waals surface area contributed by atoms with E-state index in [9.17, 15) is 22.4 Å². The third-order valence-electron chi connectivity index (χ3n) is 7.42. The number of pyridine rings is 1. The maximum atomic E-state index is 14.4. The van der Waals surface area contributed by atoms with Gasteiger partial charge in [-0.05, 0) is 86.9 Å². The summed E-state index contributed by atoms with van der Waals surface area (Å²) in [6.07, 6.45) is -3.90. The number of aryl methyl sites for hydroxylation is 1. The quantitative estimate of drug-likeness (QED) is 0.257. The molecule has 210 valence electrons. The first-order chi connectivity index (χ1) is 19.0. The number of amides is 1. The van der Waals surface area contributed by atoms with Crippen LogP contribution in [0.1, 0.15) is 45.2 Å². The number of rotatable bonds is 7. The lowest BCUT2D eigenvalue weighted by Gasteiger charge is -2.31. The van der Waals surface area contributed by atoms with Gasteiger partial charge >= 0.3 is 6.18 Å². The molecule has 2 heterocycles. The predicted octanol–water partition coefficient (Wildman–Crippen LogP) is 6.17. The number of imidazole rings is 1. The molecule has 0 N–H and O–H groups in total. The van der Waals surface area contributed by atoms with Gasteiger partial charge < -0.3 is 14.5 Å². The Morgan fingerprint density at radius 2 is 1.85 bits per heavy atom. The van der Waals surface area contributed by atoms with Crippen LogP contribution in [0.2, 0.25) is 0 Å². The van der Waals surface area contributed by atoms with Gasteiger partial charge in [-0.15, -0.1) is 0 Å². The third-order valence-corrected chi connectivity index (χ3v) is 7.42. The summed E-state index contributed by atoms with van der Waals surface area (Å²) in [5, 5.41) is 0. The molecule has 6 nitrogen and oxygen atoms in total. The van der Waals surface area contributed by atoms with Crippen LogP contribution in [0.25, 0.3) is 16.9 Å². The fourth-order valence-corrected chi connectivity index (χ4v) is 5.49. The Kier molecular flexibility index (Phi) is 7.31. The smallest absolute Gasteiger partial charge is 0.416 e. The van der Waals surface area contributed by atoms with Gasteiger partial charge in [0.25, 0.3) is 5.91 Å². The Morgan fingerprint density at radius 1 is 1.10 bits per heavy atom. The van der Waals surface area contributed by atoms with Crippen LogP contribution < -0.4 is 4.74 Å². The number of aromatic nitrogens is 2. The van der Waals surface area contributed by atoms with Crippen molar-refractivity contribution in [1.82, 2.24) is 19.2 Å². The molecule has 4 aromatic rings. The molecule has 40 heavy (non-hydrogen) atoms. The van der Waals surface area contributed by atoms with E-state index in [0.717, 1.165) is 6.07 Å². The second-order valence-electron chi connectivity index (χ2n) is 10.3. The SMILES string of the molecule is COc1cccc2nc(C(=O)N(CCN(C)C)C3CCc4c3cccc4C(F)(F)F)c(-c3ccc(F)c(C)c3)n12. The van der Waals surface area contributed by atoms with Crippen molar-refractivity contribution in [1.29, 1.82) is 0 Å². The lowest BCUT2D eigenvalue weighted by Crippen LogP contribution is -2.39. The summed E-state index contributed by atoms with van der Waals surface area (Å²) in [7, 11) is 5.25. The normalized spacial score (nSPS) is 15.1. The highest BCUT2D eigenvalue weighted by Gasteiger charge is 2.40. The van der Waals surface area contributed by atoms with Crippen LogP contribution in [0.4, 0.5) is 17.6 Å². The number of carbonyl (C=O) groups excluding carboxylic acids is 1. The van der Waals surface area contributed by atoms with Crippen molar-refractivity contribution in [3.8, 4) is 17.1 Å². The van der Waals surface area contributed by atoms with E-state index in [0.29, 0.717) is 46.9 Å². The zero-order chi connectivity index (χ0) is 28.8. The number of hydrogen-bond donors (Lipinski definition) is 0. The number of halogens is 4. The Bertz CT molecular complexity index is 1580. The van der Waals surface area contributed by atoms with Crippen LogP contribution in [-0.2, 0) is 12.6 Å². The van der Waals surface area contributed by atoms with E-state index in [2.05, 4.69) is 4.98 Å². The van der Waals surface area contributed by atoms with Gasteiger partial charge in [0.15, 0.2) is 11.6 Å². The third kappa shape index (κ3) is 4.92. The Hall–Kier alpha value is -3.92. The van der Waals surface area contributed by atoms with E-state index in [1.54, 1.807) is 52.6 Å². The monoisotopic (exact) mass is 554 g/mol. The van der Waals surface area contributed by atoms with Crippen molar-refractivity contribution in [3.63, 3.8) is 0 Å². The molecular weight excluding hydrogens is 524 g/mol. The maximum Gasteiger partial charge on any atom is 0.416 e. The highest BCUT2D eigenvalue weighted by atomic mass is 19.4. The van der Waals surface area contributed by atoms with Crippen molar-refractivity contribution in [3.05, 3.63) is 88.4 Å². The summed E-state index contributed by atoms with van der Waals surface area (Å²) in [6.45, 7) is 2.41. The van der Waals surface area contributed by atoms with Crippen molar-refractivity contribution in [2.75, 3.05) is 34.3 Å². The van der Waals surface area contributed by atoms with Gasteiger partial charge in [0, 0.05) is 18.7 Å². The Morgan fingerprint density at radius 3 is 2.52 bits per heavy atom. The molecule has 0 fully saturated rings. The van der Waals surface area contributed by atoms with Crippen LogP contribution in [-0.4, -0.2) is 59.4 Å². The van der Waals surface area contributed by atoms with E-state index in [-0.39, 0.29) is 30.0 Å². The molecule has 1 aliphatic rings. The fraction of sp³-hybridized carbons (Fsp3) is 0.333. The van der Waals surface area contributed by atoms with Crippen LogP contribution in [0.15, 0.2) is 54.6 Å². The summed E-state index contributed by atoms with van der Waals surface area (Å²) in [4.78, 5) is 22.7. The van der Waals surface area contributed by atoms with Crippen molar-refractivity contribution < 1.29 is 27.1 Å². The van der Waals surface area contributed by atoms with E-state index in [4.69, 9.17) is 4.74 Å². The van der Waals surface area contributed by atoms with Gasteiger partial charge in [-0.3, -0.25) is 9.20 Å². The zero-order valence-electron chi connectivity index (χ0n) is 22.7. The van der Waals surface area contributed by atoms with E-state index in [1.165, 1.54) is 19.2 Å². The number of fused-ring (bicyclic) bond motifs is 2. The summed E-state index contributed by atoms with van der Waals surface area (Å²) in [6, 6.07) is 13.4. The predicted molar refractivity (Wildman–Crippen MR) is 144 cm³/mol. The van der Waals surface area contributed by atoms with E-state index < -0.39 is 23.7 Å². The number of benzene rings is 2. The molecule has 0 aliphatic heterocycles. The molecule has 1 unspecified atom stereocenters. The fourth-order valence-electron chi connectivity index (χ4n) is 5.49. The van der Waals surface area contributed by atoms with Crippen molar-refractivity contribution in [2.24, 2.45) is 0 Å². The molecule has 2 aromatic carbocycles. The van der Waals surface area contributed by atoms with Crippen molar-refractivity contribution in [2.45, 2.75) is 32.0 Å². The van der Waals surface area contributed by atoms with Crippen LogP contribution >= 0.6 is 0 Å². The summed E-state index contributed by atoms with van der Waals surface area (Å²) in [5.74, 6) is -0.366. The lowest BCUT2D eigenvalue weighted by atomic mass is 10.0. The molecule has 1 amide bonds. The molecule has 5 rings (SSSR count). The van der Waals surface area contributed by atoms with Gasteiger partial charge in [-0.25, -0.2) is 9.37 Å². The topological polar surface area (TPSA) is 50.1 Å². The van der Waals surface area contributed by atoms with Crippen LogP contribution in [0, 0.1) is 12.7 Å². The number of hydrogen-bond acceptors (Lipinski definition) is 4. The summed E-state index contributed by atoms with van der Waals surface area (Å²) >= 11 is 0. The first kappa shape index (κ1) is 27.6. The number of nitrogens with zero attached hydrogens (tertiary/aromatic N) is 4. The minimum atomic E-state index is -4.48. The average molecular weight is 555 g/mol. The largest absolute Gasteiger partial charge is 0.482 e. The highest BCUT2D eigenvalue weighted by molar-refractivity contribution is 6.00. The standard InChI is InChI=1S/C30H30F4N4O2/c1-18-17-19(11-13-23(18)31)28-27(35-25-9-6-10-26(40-4)38(25)28)29(39)37(16-15-36(2)3)24-14-12-20-21(24)7-5-8-22(20)30(32,33)34/h5-11,13,17,24H,12,14-16H2,1-4H3. The molecule has 2 aromatic heterocycles. The number of carbonyl (C=O) groups is 1. The molecule has 0 saturated heterocycles. The molecular formula is C30H30F4N4O2. The van der Waals surface area contributed by atoms with Crippen LogP contribution in [0.3, 0.4) is 0 Å². The molecule has 1 aliphatic carbocycles. The second-order valence-corrected chi connectivity index (χ2v) is 10.3.